The predicted molar refractivity (Wildman–Crippen MR) is 81.1 cm³/mol. The molecule has 3 heteroatoms. The van der Waals surface area contributed by atoms with Crippen molar-refractivity contribution in [1.82, 2.24) is 0 Å². The molecule has 2 fully saturated rings. The molecule has 0 amide bonds. The van der Waals surface area contributed by atoms with Crippen molar-refractivity contribution < 1.29 is 0 Å². The maximum absolute atomic E-state index is 6.11. The zero-order valence-corrected chi connectivity index (χ0v) is 11.5. The second-order valence-electron chi connectivity index (χ2n) is 5.73. The molecule has 3 nitrogen and oxygen atoms in total. The smallest absolute Gasteiger partial charge is 0.103 e. The molecule has 1 aromatic rings. The summed E-state index contributed by atoms with van der Waals surface area (Å²) >= 11 is 0. The average molecular weight is 257 g/mol. The maximum atomic E-state index is 6.11. The first kappa shape index (κ1) is 12.5. The van der Waals surface area contributed by atoms with E-state index in [-0.39, 0.29) is 0 Å². The van der Waals surface area contributed by atoms with E-state index in [4.69, 9.17) is 5.73 Å². The highest BCUT2D eigenvalue weighted by molar-refractivity contribution is 5.85. The molecular weight excluding hydrogens is 234 g/mol. The number of aliphatic imine (C=N–C) groups is 1. The summed E-state index contributed by atoms with van der Waals surface area (Å²) < 4.78 is 0. The van der Waals surface area contributed by atoms with Crippen LogP contribution in [0.4, 0.5) is 11.4 Å². The molecule has 1 heterocycles. The van der Waals surface area contributed by atoms with E-state index < -0.39 is 0 Å². The van der Waals surface area contributed by atoms with Crippen molar-refractivity contribution in [3.05, 3.63) is 24.3 Å². The highest BCUT2D eigenvalue weighted by Crippen LogP contribution is 2.27. The van der Waals surface area contributed by atoms with Crippen LogP contribution in [0.25, 0.3) is 0 Å². The minimum absolute atomic E-state index is 0.512. The van der Waals surface area contributed by atoms with Gasteiger partial charge in [-0.2, -0.15) is 0 Å². The normalized spacial score (nSPS) is 21.3. The van der Waals surface area contributed by atoms with Crippen LogP contribution in [-0.4, -0.2) is 18.9 Å². The summed E-state index contributed by atoms with van der Waals surface area (Å²) in [7, 11) is 0. The van der Waals surface area contributed by atoms with Crippen molar-refractivity contribution in [2.24, 2.45) is 16.6 Å². The van der Waals surface area contributed by atoms with E-state index in [0.717, 1.165) is 11.5 Å². The van der Waals surface area contributed by atoms with E-state index in [9.17, 15) is 0 Å². The molecule has 19 heavy (non-hydrogen) atoms. The number of hydrogen-bond acceptors (Lipinski definition) is 2. The molecule has 3 rings (SSSR count). The molecule has 1 aliphatic heterocycles. The standard InChI is InChI=1S/C16H23N3/c17-16(13-5-1-2-6-13)18-14-7-9-15(10-8-14)19-11-3-4-12-19/h7-10,13H,1-6,11-12H2,(H2,17,18). The molecule has 0 unspecified atom stereocenters. The van der Waals surface area contributed by atoms with Gasteiger partial charge in [0.15, 0.2) is 0 Å². The fourth-order valence-electron chi connectivity index (χ4n) is 3.18. The number of rotatable bonds is 3. The number of amidine groups is 1. The number of nitrogens with two attached hydrogens (primary N) is 1. The van der Waals surface area contributed by atoms with Crippen LogP contribution >= 0.6 is 0 Å². The summed E-state index contributed by atoms with van der Waals surface area (Å²) in [6, 6.07) is 8.53. The highest BCUT2D eigenvalue weighted by Gasteiger charge is 2.18. The van der Waals surface area contributed by atoms with Gasteiger partial charge in [-0.25, -0.2) is 4.99 Å². The van der Waals surface area contributed by atoms with Crippen LogP contribution in [0.15, 0.2) is 29.3 Å². The molecule has 0 aromatic heterocycles. The van der Waals surface area contributed by atoms with Gasteiger partial charge in [0, 0.05) is 24.7 Å². The maximum Gasteiger partial charge on any atom is 0.103 e. The summed E-state index contributed by atoms with van der Waals surface area (Å²) in [5.74, 6) is 1.34. The molecule has 0 spiro atoms. The number of hydrogen-bond donors (Lipinski definition) is 1. The lowest BCUT2D eigenvalue weighted by Crippen LogP contribution is -2.20. The quantitative estimate of drug-likeness (QED) is 0.665. The Kier molecular flexibility index (Phi) is 3.72. The monoisotopic (exact) mass is 257 g/mol. The van der Waals surface area contributed by atoms with E-state index in [1.165, 1.54) is 57.3 Å². The van der Waals surface area contributed by atoms with E-state index in [2.05, 4.69) is 34.2 Å². The van der Waals surface area contributed by atoms with E-state index >= 15 is 0 Å². The summed E-state index contributed by atoms with van der Waals surface area (Å²) in [5.41, 5.74) is 8.42. The Morgan fingerprint density at radius 2 is 1.63 bits per heavy atom. The Morgan fingerprint density at radius 3 is 2.26 bits per heavy atom. The second-order valence-corrected chi connectivity index (χ2v) is 5.73. The lowest BCUT2D eigenvalue weighted by molar-refractivity contribution is 0.722. The predicted octanol–water partition coefficient (Wildman–Crippen LogP) is 3.47. The van der Waals surface area contributed by atoms with E-state index in [0.29, 0.717) is 5.92 Å². The Bertz CT molecular complexity index is 438. The molecule has 1 saturated carbocycles. The van der Waals surface area contributed by atoms with E-state index in [1.54, 1.807) is 0 Å². The largest absolute Gasteiger partial charge is 0.387 e. The zero-order valence-electron chi connectivity index (χ0n) is 11.5. The van der Waals surface area contributed by atoms with Gasteiger partial charge in [-0.15, -0.1) is 0 Å². The lowest BCUT2D eigenvalue weighted by atomic mass is 10.1. The number of anilines is 1. The van der Waals surface area contributed by atoms with Gasteiger partial charge in [0.25, 0.3) is 0 Å². The lowest BCUT2D eigenvalue weighted by Gasteiger charge is -2.17. The van der Waals surface area contributed by atoms with Crippen molar-refractivity contribution in [2.75, 3.05) is 18.0 Å². The number of benzene rings is 1. The van der Waals surface area contributed by atoms with Crippen LogP contribution < -0.4 is 10.6 Å². The third-order valence-electron chi connectivity index (χ3n) is 4.35. The van der Waals surface area contributed by atoms with Crippen molar-refractivity contribution in [2.45, 2.75) is 38.5 Å². The minimum atomic E-state index is 0.512. The van der Waals surface area contributed by atoms with Gasteiger partial charge in [-0.05, 0) is 49.9 Å². The van der Waals surface area contributed by atoms with Crippen LogP contribution in [0.3, 0.4) is 0 Å². The number of nitrogens with zero attached hydrogens (tertiary/aromatic N) is 2. The topological polar surface area (TPSA) is 41.6 Å². The van der Waals surface area contributed by atoms with Crippen LogP contribution in [0, 0.1) is 5.92 Å². The third kappa shape index (κ3) is 2.91. The highest BCUT2D eigenvalue weighted by atomic mass is 15.1. The van der Waals surface area contributed by atoms with Gasteiger partial charge in [-0.1, -0.05) is 12.8 Å². The fraction of sp³-hybridized carbons (Fsp3) is 0.562. The molecule has 0 atom stereocenters. The SMILES string of the molecule is NC(=Nc1ccc(N2CCCC2)cc1)C1CCCC1. The molecule has 1 aromatic carbocycles. The van der Waals surface area contributed by atoms with Gasteiger partial charge < -0.3 is 10.6 Å². The molecule has 2 aliphatic rings. The summed E-state index contributed by atoms with van der Waals surface area (Å²) in [6.07, 6.45) is 7.65. The summed E-state index contributed by atoms with van der Waals surface area (Å²) in [5, 5.41) is 0. The Labute approximate surface area is 115 Å². The van der Waals surface area contributed by atoms with Crippen molar-refractivity contribution in [3.8, 4) is 0 Å². The van der Waals surface area contributed by atoms with Gasteiger partial charge in [0.2, 0.25) is 0 Å². The summed E-state index contributed by atoms with van der Waals surface area (Å²) in [6.45, 7) is 2.37. The third-order valence-corrected chi connectivity index (χ3v) is 4.35. The second kappa shape index (κ2) is 5.64. The van der Waals surface area contributed by atoms with Gasteiger partial charge in [0.1, 0.15) is 5.84 Å². The van der Waals surface area contributed by atoms with Crippen LogP contribution in [0.5, 0.6) is 0 Å². The van der Waals surface area contributed by atoms with Gasteiger partial charge in [0.05, 0.1) is 5.69 Å². The molecule has 0 bridgehead atoms. The first-order chi connectivity index (χ1) is 9.33. The van der Waals surface area contributed by atoms with Crippen LogP contribution in [0.1, 0.15) is 38.5 Å². The average Bonchev–Trinajstić information content (AvgIpc) is 3.13. The molecule has 1 saturated heterocycles. The molecule has 2 N–H and O–H groups in total. The molecular formula is C16H23N3. The Balaban J connectivity index is 1.69. The fourth-order valence-corrected chi connectivity index (χ4v) is 3.18. The van der Waals surface area contributed by atoms with Crippen molar-refractivity contribution in [3.63, 3.8) is 0 Å². The van der Waals surface area contributed by atoms with Crippen LogP contribution in [0.2, 0.25) is 0 Å². The molecule has 102 valence electrons. The van der Waals surface area contributed by atoms with Crippen molar-refractivity contribution in [1.29, 1.82) is 0 Å². The molecule has 0 radical (unpaired) electrons. The minimum Gasteiger partial charge on any atom is -0.387 e. The zero-order chi connectivity index (χ0) is 13.1. The van der Waals surface area contributed by atoms with Crippen molar-refractivity contribution >= 4 is 17.2 Å². The van der Waals surface area contributed by atoms with Gasteiger partial charge >= 0.3 is 0 Å². The van der Waals surface area contributed by atoms with Crippen LogP contribution in [-0.2, 0) is 0 Å². The molecule has 1 aliphatic carbocycles. The van der Waals surface area contributed by atoms with E-state index in [1.807, 2.05) is 0 Å². The first-order valence-corrected chi connectivity index (χ1v) is 7.52. The first-order valence-electron chi connectivity index (χ1n) is 7.52. The van der Waals surface area contributed by atoms with Gasteiger partial charge in [-0.3, -0.25) is 0 Å². The Morgan fingerprint density at radius 1 is 1.00 bits per heavy atom. The summed E-state index contributed by atoms with van der Waals surface area (Å²) in [4.78, 5) is 7.02. The Hall–Kier alpha value is -1.51.